The van der Waals surface area contributed by atoms with E-state index in [-0.39, 0.29) is 0 Å². The van der Waals surface area contributed by atoms with E-state index in [4.69, 9.17) is 0 Å². The van der Waals surface area contributed by atoms with E-state index >= 15 is 0 Å². The lowest BCUT2D eigenvalue weighted by Crippen LogP contribution is -2.46. The molecular formula is C12H25N3. The third-order valence-corrected chi connectivity index (χ3v) is 3.10. The Bertz CT molecular complexity index is 180. The lowest BCUT2D eigenvalue weighted by atomic mass is 10.1. The Morgan fingerprint density at radius 1 is 1.53 bits per heavy atom. The van der Waals surface area contributed by atoms with Crippen LogP contribution >= 0.6 is 0 Å². The molecule has 1 atom stereocenters. The molecular weight excluding hydrogens is 186 g/mol. The molecule has 0 amide bonds. The van der Waals surface area contributed by atoms with Crippen molar-refractivity contribution in [1.29, 1.82) is 0 Å². The van der Waals surface area contributed by atoms with Crippen LogP contribution in [0.25, 0.3) is 0 Å². The number of rotatable bonds is 6. The van der Waals surface area contributed by atoms with Crippen molar-refractivity contribution in [2.75, 3.05) is 46.8 Å². The molecule has 0 radical (unpaired) electrons. The predicted octanol–water partition coefficient (Wildman–Crippen LogP) is 0.788. The number of nitrogens with zero attached hydrogens (tertiary/aromatic N) is 2. The molecule has 0 saturated carbocycles. The van der Waals surface area contributed by atoms with Gasteiger partial charge in [-0.2, -0.15) is 0 Å². The van der Waals surface area contributed by atoms with E-state index in [1.807, 2.05) is 6.08 Å². The van der Waals surface area contributed by atoms with E-state index < -0.39 is 0 Å². The van der Waals surface area contributed by atoms with E-state index in [1.165, 1.54) is 25.9 Å². The summed E-state index contributed by atoms with van der Waals surface area (Å²) in [6.45, 7) is 9.35. The highest BCUT2D eigenvalue weighted by Crippen LogP contribution is 2.12. The number of hydrogen-bond acceptors (Lipinski definition) is 3. The molecule has 88 valence electrons. The maximum Gasteiger partial charge on any atom is 0.0217 e. The normalized spacial score (nSPS) is 23.3. The van der Waals surface area contributed by atoms with Crippen LogP contribution < -0.4 is 5.32 Å². The molecule has 1 aliphatic heterocycles. The van der Waals surface area contributed by atoms with Gasteiger partial charge in [-0.25, -0.2) is 0 Å². The summed E-state index contributed by atoms with van der Waals surface area (Å²) in [4.78, 5) is 4.91. The molecule has 0 aliphatic carbocycles. The Hall–Kier alpha value is -0.380. The van der Waals surface area contributed by atoms with E-state index in [2.05, 4.69) is 35.8 Å². The van der Waals surface area contributed by atoms with Crippen molar-refractivity contribution in [3.63, 3.8) is 0 Å². The zero-order chi connectivity index (χ0) is 11.1. The predicted molar refractivity (Wildman–Crippen MR) is 66.2 cm³/mol. The van der Waals surface area contributed by atoms with Gasteiger partial charge in [-0.1, -0.05) is 6.08 Å². The van der Waals surface area contributed by atoms with E-state index in [0.29, 0.717) is 0 Å². The maximum absolute atomic E-state index is 3.70. The fraction of sp³-hybridized carbons (Fsp3) is 0.833. The van der Waals surface area contributed by atoms with Crippen molar-refractivity contribution in [1.82, 2.24) is 15.1 Å². The summed E-state index contributed by atoms with van der Waals surface area (Å²) in [6.07, 6.45) is 4.60. The second kappa shape index (κ2) is 6.99. The topological polar surface area (TPSA) is 18.5 Å². The van der Waals surface area contributed by atoms with Crippen molar-refractivity contribution in [2.24, 2.45) is 0 Å². The van der Waals surface area contributed by atoms with Gasteiger partial charge in [0, 0.05) is 32.2 Å². The fourth-order valence-corrected chi connectivity index (χ4v) is 2.10. The zero-order valence-electron chi connectivity index (χ0n) is 10.2. The molecule has 0 spiro atoms. The van der Waals surface area contributed by atoms with Gasteiger partial charge in [-0.15, -0.1) is 6.58 Å². The van der Waals surface area contributed by atoms with Crippen LogP contribution in [0.15, 0.2) is 12.7 Å². The van der Waals surface area contributed by atoms with Crippen LogP contribution in [0.1, 0.15) is 12.8 Å². The SMILES string of the molecule is C=CCNCCN1CCCC(N(C)C)C1. The molecule has 1 N–H and O–H groups in total. The van der Waals surface area contributed by atoms with Crippen molar-refractivity contribution in [3.8, 4) is 0 Å². The Labute approximate surface area is 94.1 Å². The van der Waals surface area contributed by atoms with Gasteiger partial charge < -0.3 is 15.1 Å². The molecule has 0 bridgehead atoms. The third-order valence-electron chi connectivity index (χ3n) is 3.10. The zero-order valence-corrected chi connectivity index (χ0v) is 10.2. The summed E-state index contributed by atoms with van der Waals surface area (Å²) in [7, 11) is 4.37. The third kappa shape index (κ3) is 4.78. The Balaban J connectivity index is 2.15. The summed E-state index contributed by atoms with van der Waals surface area (Å²) in [5.74, 6) is 0. The molecule has 0 aromatic heterocycles. The van der Waals surface area contributed by atoms with Gasteiger partial charge in [0.05, 0.1) is 0 Å². The second-order valence-corrected chi connectivity index (χ2v) is 4.55. The van der Waals surface area contributed by atoms with Crippen molar-refractivity contribution in [2.45, 2.75) is 18.9 Å². The Morgan fingerprint density at radius 3 is 3.00 bits per heavy atom. The van der Waals surface area contributed by atoms with Gasteiger partial charge in [0.15, 0.2) is 0 Å². The summed E-state index contributed by atoms with van der Waals surface area (Å²) >= 11 is 0. The quantitative estimate of drug-likeness (QED) is 0.517. The second-order valence-electron chi connectivity index (χ2n) is 4.55. The molecule has 1 unspecified atom stereocenters. The van der Waals surface area contributed by atoms with Gasteiger partial charge in [0.2, 0.25) is 0 Å². The first-order valence-corrected chi connectivity index (χ1v) is 5.94. The molecule has 0 aromatic rings. The summed E-state index contributed by atoms with van der Waals surface area (Å²) < 4.78 is 0. The molecule has 3 nitrogen and oxygen atoms in total. The number of likely N-dealkylation sites (tertiary alicyclic amines) is 1. The molecule has 1 saturated heterocycles. The monoisotopic (exact) mass is 211 g/mol. The molecule has 3 heteroatoms. The Morgan fingerprint density at radius 2 is 2.33 bits per heavy atom. The minimum Gasteiger partial charge on any atom is -0.312 e. The van der Waals surface area contributed by atoms with Crippen LogP contribution in [0.2, 0.25) is 0 Å². The van der Waals surface area contributed by atoms with Crippen molar-refractivity contribution in [3.05, 3.63) is 12.7 Å². The molecule has 1 heterocycles. The van der Waals surface area contributed by atoms with E-state index in [0.717, 1.165) is 25.7 Å². The van der Waals surface area contributed by atoms with Gasteiger partial charge in [0.25, 0.3) is 0 Å². The maximum atomic E-state index is 3.70. The number of piperidine rings is 1. The van der Waals surface area contributed by atoms with Gasteiger partial charge >= 0.3 is 0 Å². The first-order chi connectivity index (χ1) is 7.24. The average molecular weight is 211 g/mol. The fourth-order valence-electron chi connectivity index (χ4n) is 2.10. The van der Waals surface area contributed by atoms with Gasteiger partial charge in [0.1, 0.15) is 0 Å². The van der Waals surface area contributed by atoms with E-state index in [9.17, 15) is 0 Å². The number of likely N-dealkylation sites (N-methyl/N-ethyl adjacent to an activating group) is 1. The number of nitrogens with one attached hydrogen (secondary N) is 1. The van der Waals surface area contributed by atoms with E-state index in [1.54, 1.807) is 0 Å². The minimum atomic E-state index is 0.748. The highest BCUT2D eigenvalue weighted by Gasteiger charge is 2.20. The summed E-state index contributed by atoms with van der Waals surface area (Å²) in [6, 6.07) is 0.748. The summed E-state index contributed by atoms with van der Waals surface area (Å²) in [5.41, 5.74) is 0. The van der Waals surface area contributed by atoms with Crippen LogP contribution in [0, 0.1) is 0 Å². The van der Waals surface area contributed by atoms with Crippen LogP contribution in [-0.4, -0.2) is 62.7 Å². The largest absolute Gasteiger partial charge is 0.312 e. The lowest BCUT2D eigenvalue weighted by Gasteiger charge is -2.36. The van der Waals surface area contributed by atoms with Crippen LogP contribution in [-0.2, 0) is 0 Å². The van der Waals surface area contributed by atoms with Crippen LogP contribution in [0.3, 0.4) is 0 Å². The standard InChI is InChI=1S/C12H25N3/c1-4-7-13-8-10-15-9-5-6-12(11-15)14(2)3/h4,12-13H,1,5-11H2,2-3H3. The van der Waals surface area contributed by atoms with Crippen LogP contribution in [0.5, 0.6) is 0 Å². The minimum absolute atomic E-state index is 0.748. The molecule has 15 heavy (non-hydrogen) atoms. The van der Waals surface area contributed by atoms with Gasteiger partial charge in [-0.05, 0) is 33.5 Å². The lowest BCUT2D eigenvalue weighted by molar-refractivity contribution is 0.134. The molecule has 1 aliphatic rings. The summed E-state index contributed by atoms with van der Waals surface area (Å²) in [5, 5.41) is 3.35. The average Bonchev–Trinajstić information content (AvgIpc) is 2.25. The van der Waals surface area contributed by atoms with Crippen molar-refractivity contribution < 1.29 is 0 Å². The highest BCUT2D eigenvalue weighted by molar-refractivity contribution is 4.78. The first kappa shape index (κ1) is 12.7. The molecule has 1 fully saturated rings. The van der Waals surface area contributed by atoms with Crippen LogP contribution in [0.4, 0.5) is 0 Å². The van der Waals surface area contributed by atoms with Gasteiger partial charge in [-0.3, -0.25) is 0 Å². The highest BCUT2D eigenvalue weighted by atomic mass is 15.2. The molecule has 0 aromatic carbocycles. The number of hydrogen-bond donors (Lipinski definition) is 1. The molecule has 1 rings (SSSR count). The first-order valence-electron chi connectivity index (χ1n) is 5.94. The Kier molecular flexibility index (Phi) is 5.91. The smallest absolute Gasteiger partial charge is 0.0217 e. The van der Waals surface area contributed by atoms with Crippen molar-refractivity contribution >= 4 is 0 Å².